The molecule has 0 amide bonds. The summed E-state index contributed by atoms with van der Waals surface area (Å²) in [6.07, 6.45) is 0.572. The Labute approximate surface area is 147 Å². The van der Waals surface area contributed by atoms with Crippen LogP contribution in [0, 0.1) is 5.41 Å². The average molecular weight is 354 g/mol. The van der Waals surface area contributed by atoms with Crippen molar-refractivity contribution in [1.82, 2.24) is 15.0 Å². The third-order valence-corrected chi connectivity index (χ3v) is 4.42. The summed E-state index contributed by atoms with van der Waals surface area (Å²) in [5, 5.41) is 23.6. The largest absolute Gasteiger partial charge is 0.396 e. The molecule has 1 aromatic heterocycles. The van der Waals surface area contributed by atoms with Gasteiger partial charge in [-0.2, -0.15) is 4.98 Å². The molecule has 0 fully saturated rings. The van der Waals surface area contributed by atoms with Gasteiger partial charge in [-0.15, -0.1) is 0 Å². The number of rotatable bonds is 8. The maximum atomic E-state index is 9.43. The van der Waals surface area contributed by atoms with Gasteiger partial charge in [0.2, 0.25) is 5.89 Å². The second-order valence-electron chi connectivity index (χ2n) is 6.57. The number of hydrogen-bond acceptors (Lipinski definition) is 6. The predicted octanol–water partition coefficient (Wildman–Crippen LogP) is 2.30. The van der Waals surface area contributed by atoms with Crippen molar-refractivity contribution in [2.24, 2.45) is 5.41 Å². The number of hydrogen-bond donors (Lipinski definition) is 2. The first-order chi connectivity index (χ1) is 11.4. The summed E-state index contributed by atoms with van der Waals surface area (Å²) in [5.74, 6) is 1.12. The Morgan fingerprint density at radius 1 is 1.25 bits per heavy atom. The maximum Gasteiger partial charge on any atom is 0.243 e. The molecular weight excluding hydrogens is 330 g/mol. The smallest absolute Gasteiger partial charge is 0.243 e. The molecule has 2 rings (SSSR count). The molecule has 0 saturated heterocycles. The minimum atomic E-state index is -0.574. The molecule has 0 bridgehead atoms. The van der Waals surface area contributed by atoms with Gasteiger partial charge in [0.15, 0.2) is 5.82 Å². The van der Waals surface area contributed by atoms with Gasteiger partial charge in [-0.05, 0) is 31.7 Å². The first-order valence-corrected chi connectivity index (χ1v) is 8.23. The molecule has 0 aliphatic carbocycles. The number of benzene rings is 1. The van der Waals surface area contributed by atoms with E-state index in [1.165, 1.54) is 0 Å². The van der Waals surface area contributed by atoms with Crippen LogP contribution in [0.15, 0.2) is 28.8 Å². The Bertz CT molecular complexity index is 641. The molecule has 132 valence electrons. The lowest BCUT2D eigenvalue weighted by Crippen LogP contribution is -2.40. The van der Waals surface area contributed by atoms with Crippen LogP contribution in [0.3, 0.4) is 0 Å². The molecule has 1 heterocycles. The second-order valence-corrected chi connectivity index (χ2v) is 7.01. The van der Waals surface area contributed by atoms with Crippen LogP contribution in [-0.4, -0.2) is 52.1 Å². The second kappa shape index (κ2) is 8.07. The lowest BCUT2D eigenvalue weighted by Gasteiger charge is -2.32. The summed E-state index contributed by atoms with van der Waals surface area (Å²) < 4.78 is 5.37. The highest BCUT2D eigenvalue weighted by atomic mass is 35.5. The predicted molar refractivity (Wildman–Crippen MR) is 91.9 cm³/mol. The van der Waals surface area contributed by atoms with Gasteiger partial charge >= 0.3 is 0 Å². The fraction of sp³-hybridized carbons (Fsp3) is 0.529. The lowest BCUT2D eigenvalue weighted by molar-refractivity contribution is 0.0287. The molecule has 0 saturated carbocycles. The minimum absolute atomic E-state index is 0.0911. The van der Waals surface area contributed by atoms with Gasteiger partial charge in [0, 0.05) is 23.4 Å². The topological polar surface area (TPSA) is 82.6 Å². The van der Waals surface area contributed by atoms with Gasteiger partial charge < -0.3 is 14.7 Å². The standard InChI is InChI=1S/C17H24ClN3O3/c1-12(21(3)9-17(2,10-22)11-23)16-19-15(20-24-16)8-13-4-6-14(18)7-5-13/h4-7,12,22-23H,8-11H2,1-3H3. The Kier molecular flexibility index (Phi) is 6.34. The summed E-state index contributed by atoms with van der Waals surface area (Å²) in [7, 11) is 1.90. The molecule has 24 heavy (non-hydrogen) atoms. The van der Waals surface area contributed by atoms with E-state index in [1.807, 2.05) is 50.1 Å². The zero-order valence-electron chi connectivity index (χ0n) is 14.2. The van der Waals surface area contributed by atoms with E-state index in [9.17, 15) is 10.2 Å². The fourth-order valence-electron chi connectivity index (χ4n) is 2.37. The van der Waals surface area contributed by atoms with Crippen molar-refractivity contribution >= 4 is 11.6 Å². The summed E-state index contributed by atoms with van der Waals surface area (Å²) in [5.41, 5.74) is 0.482. The van der Waals surface area contributed by atoms with E-state index < -0.39 is 5.41 Å². The number of aliphatic hydroxyl groups is 2. The third-order valence-electron chi connectivity index (χ3n) is 4.17. The van der Waals surface area contributed by atoms with Gasteiger partial charge in [0.05, 0.1) is 19.3 Å². The van der Waals surface area contributed by atoms with Crippen molar-refractivity contribution in [2.45, 2.75) is 26.3 Å². The highest BCUT2D eigenvalue weighted by Gasteiger charge is 2.28. The lowest BCUT2D eigenvalue weighted by atomic mass is 9.92. The summed E-state index contributed by atoms with van der Waals surface area (Å²) in [6, 6.07) is 7.41. The van der Waals surface area contributed by atoms with Crippen LogP contribution in [0.25, 0.3) is 0 Å². The molecule has 1 aromatic carbocycles. The van der Waals surface area contributed by atoms with Gasteiger partial charge in [0.1, 0.15) is 0 Å². The first-order valence-electron chi connectivity index (χ1n) is 7.86. The number of nitrogens with zero attached hydrogens (tertiary/aromatic N) is 3. The number of aliphatic hydroxyl groups excluding tert-OH is 2. The maximum absolute atomic E-state index is 9.43. The molecule has 0 aliphatic rings. The highest BCUT2D eigenvalue weighted by molar-refractivity contribution is 6.30. The van der Waals surface area contributed by atoms with E-state index in [0.717, 1.165) is 5.56 Å². The molecule has 2 N–H and O–H groups in total. The van der Waals surface area contributed by atoms with E-state index in [0.29, 0.717) is 29.7 Å². The van der Waals surface area contributed by atoms with Crippen LogP contribution in [0.4, 0.5) is 0 Å². The summed E-state index contributed by atoms with van der Waals surface area (Å²) >= 11 is 5.88. The molecule has 2 aromatic rings. The van der Waals surface area contributed by atoms with Crippen molar-refractivity contribution in [3.05, 3.63) is 46.6 Å². The SMILES string of the molecule is CC(c1nc(Cc2ccc(Cl)cc2)no1)N(C)CC(C)(CO)CO. The third kappa shape index (κ3) is 4.77. The van der Waals surface area contributed by atoms with Gasteiger partial charge in [-0.1, -0.05) is 35.8 Å². The van der Waals surface area contributed by atoms with Crippen molar-refractivity contribution in [3.8, 4) is 0 Å². The molecule has 1 atom stereocenters. The van der Waals surface area contributed by atoms with Crippen molar-refractivity contribution in [3.63, 3.8) is 0 Å². The zero-order valence-corrected chi connectivity index (χ0v) is 15.0. The zero-order chi connectivity index (χ0) is 17.7. The summed E-state index contributed by atoms with van der Waals surface area (Å²) in [4.78, 5) is 6.43. The van der Waals surface area contributed by atoms with Crippen LogP contribution >= 0.6 is 11.6 Å². The van der Waals surface area contributed by atoms with Crippen LogP contribution in [-0.2, 0) is 6.42 Å². The van der Waals surface area contributed by atoms with Crippen molar-refractivity contribution in [1.29, 1.82) is 0 Å². The molecule has 1 unspecified atom stereocenters. The van der Waals surface area contributed by atoms with Gasteiger partial charge in [-0.25, -0.2) is 0 Å². The average Bonchev–Trinajstić information content (AvgIpc) is 3.04. The Morgan fingerprint density at radius 2 is 1.88 bits per heavy atom. The number of aromatic nitrogens is 2. The van der Waals surface area contributed by atoms with E-state index in [-0.39, 0.29) is 19.3 Å². The molecule has 0 radical (unpaired) electrons. The van der Waals surface area contributed by atoms with E-state index in [4.69, 9.17) is 16.1 Å². The van der Waals surface area contributed by atoms with Crippen LogP contribution in [0.5, 0.6) is 0 Å². The van der Waals surface area contributed by atoms with Crippen LogP contribution < -0.4 is 0 Å². The van der Waals surface area contributed by atoms with Crippen LogP contribution in [0.2, 0.25) is 5.02 Å². The fourth-order valence-corrected chi connectivity index (χ4v) is 2.50. The Hall–Kier alpha value is -1.47. The monoisotopic (exact) mass is 353 g/mol. The molecule has 6 nitrogen and oxygen atoms in total. The Morgan fingerprint density at radius 3 is 2.46 bits per heavy atom. The molecule has 0 spiro atoms. The molecule has 7 heteroatoms. The van der Waals surface area contributed by atoms with Crippen LogP contribution in [0.1, 0.15) is 37.2 Å². The quantitative estimate of drug-likeness (QED) is 0.757. The number of halogens is 1. The first kappa shape index (κ1) is 18.9. The molecule has 0 aliphatic heterocycles. The summed E-state index contributed by atoms with van der Waals surface area (Å²) in [6.45, 7) is 4.11. The van der Waals surface area contributed by atoms with Crippen molar-refractivity contribution < 1.29 is 14.7 Å². The minimum Gasteiger partial charge on any atom is -0.396 e. The highest BCUT2D eigenvalue weighted by Crippen LogP contribution is 2.23. The normalized spacial score (nSPS) is 13.5. The van der Waals surface area contributed by atoms with E-state index >= 15 is 0 Å². The molecular formula is C17H24ClN3O3. The Balaban J connectivity index is 2.02. The van der Waals surface area contributed by atoms with E-state index in [2.05, 4.69) is 10.1 Å². The van der Waals surface area contributed by atoms with Gasteiger partial charge in [-0.3, -0.25) is 4.90 Å². The van der Waals surface area contributed by atoms with Crippen molar-refractivity contribution in [2.75, 3.05) is 26.8 Å². The van der Waals surface area contributed by atoms with Gasteiger partial charge in [0.25, 0.3) is 0 Å². The van der Waals surface area contributed by atoms with E-state index in [1.54, 1.807) is 0 Å².